The lowest BCUT2D eigenvalue weighted by Gasteiger charge is -2.26. The van der Waals surface area contributed by atoms with E-state index in [2.05, 4.69) is 20.2 Å². The first-order chi connectivity index (χ1) is 16.1. The first-order valence-electron chi connectivity index (χ1n) is 10.9. The number of fused-ring (bicyclic) bond motifs is 2. The maximum Gasteiger partial charge on any atom is 0.317 e. The van der Waals surface area contributed by atoms with Gasteiger partial charge < -0.3 is 14.8 Å². The van der Waals surface area contributed by atoms with Crippen LogP contribution >= 0.6 is 0 Å². The third kappa shape index (κ3) is 4.35. The predicted molar refractivity (Wildman–Crippen MR) is 120 cm³/mol. The number of nitro groups is 1. The summed E-state index contributed by atoms with van der Waals surface area (Å²) < 4.78 is 11.2. The molecule has 0 saturated carbocycles. The van der Waals surface area contributed by atoms with Crippen LogP contribution in [0.3, 0.4) is 0 Å². The lowest BCUT2D eigenvalue weighted by atomic mass is 9.94. The van der Waals surface area contributed by atoms with Gasteiger partial charge in [-0.3, -0.25) is 19.8 Å². The van der Waals surface area contributed by atoms with Crippen molar-refractivity contribution in [3.63, 3.8) is 0 Å². The molecule has 10 heteroatoms. The average molecular weight is 449 g/mol. The van der Waals surface area contributed by atoms with Gasteiger partial charge in [-0.25, -0.2) is 0 Å². The highest BCUT2D eigenvalue weighted by molar-refractivity contribution is 6.07. The minimum Gasteiger partial charge on any atom is -0.463 e. The number of hydrogen-bond acceptors (Lipinski definition) is 8. The molecule has 170 valence electrons. The highest BCUT2D eigenvalue weighted by Gasteiger charge is 2.36. The molecule has 10 nitrogen and oxygen atoms in total. The van der Waals surface area contributed by atoms with Crippen LogP contribution in [0.15, 0.2) is 42.5 Å². The molecule has 1 N–H and O–H groups in total. The molecule has 1 saturated heterocycles. The Bertz CT molecular complexity index is 1210. The second-order valence-corrected chi connectivity index (χ2v) is 8.02. The number of carbonyl (C=O) groups excluding carboxylic acids is 1. The topological polar surface area (TPSA) is 120 Å². The zero-order valence-electron chi connectivity index (χ0n) is 17.9. The molecular weight excluding hydrogens is 426 g/mol. The summed E-state index contributed by atoms with van der Waals surface area (Å²) in [6.07, 6.45) is 0.810. The van der Waals surface area contributed by atoms with Gasteiger partial charge in [0.25, 0.3) is 5.69 Å². The number of nitrogens with zero attached hydrogens (tertiary/aromatic N) is 4. The molecule has 1 amide bonds. The van der Waals surface area contributed by atoms with E-state index in [0.29, 0.717) is 34.5 Å². The summed E-state index contributed by atoms with van der Waals surface area (Å²) in [7, 11) is 0. The molecule has 2 aromatic carbocycles. The smallest absolute Gasteiger partial charge is 0.317 e. The lowest BCUT2D eigenvalue weighted by molar-refractivity contribution is -0.384. The van der Waals surface area contributed by atoms with Crippen LogP contribution in [0.1, 0.15) is 23.6 Å². The van der Waals surface area contributed by atoms with Gasteiger partial charge in [-0.15, -0.1) is 0 Å². The van der Waals surface area contributed by atoms with Crippen molar-refractivity contribution < 1.29 is 19.2 Å². The number of amides is 1. The van der Waals surface area contributed by atoms with Crippen molar-refractivity contribution in [1.82, 2.24) is 14.9 Å². The minimum absolute atomic E-state index is 0.0757. The van der Waals surface area contributed by atoms with Crippen molar-refractivity contribution in [1.29, 1.82) is 0 Å². The molecule has 0 spiro atoms. The first kappa shape index (κ1) is 21.2. The van der Waals surface area contributed by atoms with Gasteiger partial charge in [-0.2, -0.15) is 9.97 Å². The maximum absolute atomic E-state index is 12.9. The average Bonchev–Trinajstić information content (AvgIpc) is 3.16. The Balaban J connectivity index is 1.43. The molecule has 2 aliphatic heterocycles. The largest absolute Gasteiger partial charge is 0.463 e. The summed E-state index contributed by atoms with van der Waals surface area (Å²) in [5.41, 5.74) is 2.12. The molecular formula is C23H23N5O5. The number of carbonyl (C=O) groups is 1. The van der Waals surface area contributed by atoms with Crippen molar-refractivity contribution in [2.75, 3.05) is 44.8 Å². The van der Waals surface area contributed by atoms with E-state index in [4.69, 9.17) is 9.47 Å². The number of anilines is 1. The van der Waals surface area contributed by atoms with Crippen LogP contribution in [-0.2, 0) is 9.53 Å². The SMILES string of the molecule is O=C1Nc2ccc([N+](=O)[O-])cc2C1c1nc(OCCCN2CCOCC2)nc2ccccc12. The summed E-state index contributed by atoms with van der Waals surface area (Å²) in [5, 5.41) is 14.8. The number of para-hydroxylation sites is 1. The maximum atomic E-state index is 12.9. The number of morpholine rings is 1. The van der Waals surface area contributed by atoms with Crippen LogP contribution in [-0.4, -0.2) is 65.2 Å². The van der Waals surface area contributed by atoms with E-state index >= 15 is 0 Å². The van der Waals surface area contributed by atoms with Gasteiger partial charge in [0, 0.05) is 48.4 Å². The Hall–Kier alpha value is -3.63. The summed E-state index contributed by atoms with van der Waals surface area (Å²) in [6, 6.07) is 11.9. The van der Waals surface area contributed by atoms with Crippen LogP contribution in [0, 0.1) is 10.1 Å². The Morgan fingerprint density at radius 1 is 1.18 bits per heavy atom. The molecule has 5 rings (SSSR count). The quantitative estimate of drug-likeness (QED) is 0.332. The summed E-state index contributed by atoms with van der Waals surface area (Å²) >= 11 is 0. The van der Waals surface area contributed by atoms with Crippen LogP contribution in [0.25, 0.3) is 10.9 Å². The number of benzene rings is 2. The normalized spacial score (nSPS) is 18.2. The highest BCUT2D eigenvalue weighted by atomic mass is 16.6. The van der Waals surface area contributed by atoms with Crippen molar-refractivity contribution in [3.05, 3.63) is 63.8 Å². The predicted octanol–water partition coefficient (Wildman–Crippen LogP) is 2.72. The molecule has 1 atom stereocenters. The fourth-order valence-electron chi connectivity index (χ4n) is 4.27. The first-order valence-corrected chi connectivity index (χ1v) is 10.9. The van der Waals surface area contributed by atoms with E-state index in [1.807, 2.05) is 24.3 Å². The Morgan fingerprint density at radius 2 is 2.00 bits per heavy atom. The van der Waals surface area contributed by atoms with Crippen molar-refractivity contribution in [3.8, 4) is 6.01 Å². The molecule has 2 aliphatic rings. The molecule has 3 heterocycles. The Kier molecular flexibility index (Phi) is 5.84. The van der Waals surface area contributed by atoms with E-state index < -0.39 is 10.8 Å². The third-order valence-electron chi connectivity index (χ3n) is 5.92. The molecule has 1 fully saturated rings. The number of aromatic nitrogens is 2. The molecule has 1 unspecified atom stereocenters. The number of nitrogens with one attached hydrogen (secondary N) is 1. The van der Waals surface area contributed by atoms with Gasteiger partial charge in [0.1, 0.15) is 5.92 Å². The van der Waals surface area contributed by atoms with E-state index in [-0.39, 0.29) is 17.6 Å². The van der Waals surface area contributed by atoms with Gasteiger partial charge in [0.15, 0.2) is 0 Å². The fourth-order valence-corrected chi connectivity index (χ4v) is 4.27. The minimum atomic E-state index is -0.788. The van der Waals surface area contributed by atoms with Gasteiger partial charge in [-0.05, 0) is 18.6 Å². The lowest BCUT2D eigenvalue weighted by Crippen LogP contribution is -2.37. The van der Waals surface area contributed by atoms with Gasteiger partial charge in [0.2, 0.25) is 5.91 Å². The second-order valence-electron chi connectivity index (χ2n) is 8.02. The summed E-state index contributed by atoms with van der Waals surface area (Å²) in [4.78, 5) is 35.2. The van der Waals surface area contributed by atoms with E-state index in [1.54, 1.807) is 6.07 Å². The summed E-state index contributed by atoms with van der Waals surface area (Å²) in [5.74, 6) is -1.07. The molecule has 0 aliphatic carbocycles. The molecule has 3 aromatic rings. The van der Waals surface area contributed by atoms with Gasteiger partial charge in [0.05, 0.1) is 36.0 Å². The van der Waals surface area contributed by atoms with E-state index in [0.717, 1.165) is 39.3 Å². The number of ether oxygens (including phenoxy) is 2. The standard InChI is InChI=1S/C23H23N5O5/c29-22-20(17-14-15(28(30)31)6-7-19(17)24-22)21-16-4-1-2-5-18(16)25-23(26-21)33-11-3-8-27-9-12-32-13-10-27/h1-2,4-7,14,20H,3,8-13H2,(H,24,29). The van der Waals surface area contributed by atoms with Crippen LogP contribution in [0.5, 0.6) is 6.01 Å². The van der Waals surface area contributed by atoms with Gasteiger partial charge >= 0.3 is 6.01 Å². The van der Waals surface area contributed by atoms with Crippen LogP contribution in [0.2, 0.25) is 0 Å². The zero-order valence-corrected chi connectivity index (χ0v) is 17.9. The zero-order chi connectivity index (χ0) is 22.8. The Morgan fingerprint density at radius 3 is 2.82 bits per heavy atom. The number of nitro benzene ring substituents is 1. The number of hydrogen-bond donors (Lipinski definition) is 1. The molecule has 0 bridgehead atoms. The van der Waals surface area contributed by atoms with E-state index in [9.17, 15) is 14.9 Å². The molecule has 33 heavy (non-hydrogen) atoms. The third-order valence-corrected chi connectivity index (χ3v) is 5.92. The molecule has 0 radical (unpaired) electrons. The number of non-ortho nitro benzene ring substituents is 1. The van der Waals surface area contributed by atoms with Crippen LogP contribution < -0.4 is 10.1 Å². The highest BCUT2D eigenvalue weighted by Crippen LogP contribution is 2.40. The Labute approximate surface area is 189 Å². The fraction of sp³-hybridized carbons (Fsp3) is 0.348. The van der Waals surface area contributed by atoms with E-state index in [1.165, 1.54) is 12.1 Å². The second kappa shape index (κ2) is 9.08. The van der Waals surface area contributed by atoms with Crippen molar-refractivity contribution >= 4 is 28.2 Å². The van der Waals surface area contributed by atoms with Crippen LogP contribution in [0.4, 0.5) is 11.4 Å². The number of rotatable bonds is 7. The summed E-state index contributed by atoms with van der Waals surface area (Å²) in [6.45, 7) is 4.67. The van der Waals surface area contributed by atoms with Gasteiger partial charge in [-0.1, -0.05) is 18.2 Å². The van der Waals surface area contributed by atoms with Crippen molar-refractivity contribution in [2.45, 2.75) is 12.3 Å². The monoisotopic (exact) mass is 449 g/mol. The molecule has 1 aromatic heterocycles. The van der Waals surface area contributed by atoms with Crippen molar-refractivity contribution in [2.24, 2.45) is 0 Å².